The summed E-state index contributed by atoms with van der Waals surface area (Å²) in [5, 5.41) is 54.4. The lowest BCUT2D eigenvalue weighted by atomic mass is 10.0. The van der Waals surface area contributed by atoms with Crippen molar-refractivity contribution in [3.63, 3.8) is 0 Å². The third-order valence-corrected chi connectivity index (χ3v) is 9.49. The van der Waals surface area contributed by atoms with Crippen LogP contribution in [0.15, 0.2) is 4.99 Å². The summed E-state index contributed by atoms with van der Waals surface area (Å²) in [5.41, 5.74) is 16.4. The molecule has 10 atom stereocenters. The van der Waals surface area contributed by atoms with Crippen molar-refractivity contribution in [2.75, 3.05) is 19.7 Å². The summed E-state index contributed by atoms with van der Waals surface area (Å²) in [5.74, 6) is -10.9. The molecule has 0 saturated carbocycles. The Kier molecular flexibility index (Phi) is 22.2. The van der Waals surface area contributed by atoms with Gasteiger partial charge in [-0.1, -0.05) is 13.8 Å². The van der Waals surface area contributed by atoms with Crippen LogP contribution in [0.5, 0.6) is 0 Å². The fraction of sp³-hybridized carbons (Fsp3) is 0.694. The van der Waals surface area contributed by atoms with Crippen LogP contribution in [-0.2, 0) is 47.9 Å². The van der Waals surface area contributed by atoms with Crippen molar-refractivity contribution >= 4 is 65.2 Å². The summed E-state index contributed by atoms with van der Waals surface area (Å²) >= 11 is 0. The number of amides is 8. The molecule has 0 aromatic carbocycles. The van der Waals surface area contributed by atoms with Gasteiger partial charge in [-0.2, -0.15) is 0 Å². The molecular weight excluding hydrogens is 824 g/mol. The van der Waals surface area contributed by atoms with E-state index in [1.807, 2.05) is 0 Å². The number of aliphatic hydroxyl groups excluding tert-OH is 2. The minimum Gasteiger partial charge on any atom is -0.481 e. The van der Waals surface area contributed by atoms with Crippen molar-refractivity contribution in [2.24, 2.45) is 28.1 Å². The van der Waals surface area contributed by atoms with Gasteiger partial charge in [0.2, 0.25) is 47.3 Å². The Balaban J connectivity index is 2.93. The van der Waals surface area contributed by atoms with Gasteiger partial charge in [-0.3, -0.25) is 48.1 Å². The number of hydrogen-bond acceptors (Lipinski definition) is 14. The second kappa shape index (κ2) is 25.6. The van der Waals surface area contributed by atoms with E-state index in [-0.39, 0.29) is 31.9 Å². The van der Waals surface area contributed by atoms with Gasteiger partial charge in [0, 0.05) is 13.1 Å². The number of carbonyl (C=O) groups is 10. The summed E-state index contributed by atoms with van der Waals surface area (Å²) in [6.07, 6.45) is -1.45. The predicted octanol–water partition coefficient (Wildman–Crippen LogP) is -6.60. The summed E-state index contributed by atoms with van der Waals surface area (Å²) in [7, 11) is 0. The summed E-state index contributed by atoms with van der Waals surface area (Å²) < 4.78 is 0. The van der Waals surface area contributed by atoms with Gasteiger partial charge in [0.25, 0.3) is 0 Å². The molecule has 0 spiro atoms. The molecule has 1 heterocycles. The van der Waals surface area contributed by atoms with E-state index in [2.05, 4.69) is 42.2 Å². The number of likely N-dealkylation sites (tertiary alicyclic amines) is 1. The number of guanidine groups is 1. The maximum atomic E-state index is 13.5. The number of carboxylic acids is 2. The maximum absolute atomic E-state index is 13.5. The van der Waals surface area contributed by atoms with Crippen molar-refractivity contribution in [3.8, 4) is 0 Å². The zero-order chi connectivity index (χ0) is 47.6. The molecule has 0 radical (unpaired) electrons. The number of rotatable bonds is 25. The number of carboxylic acid groups (broad SMARTS) is 2. The van der Waals surface area contributed by atoms with Crippen LogP contribution in [0.2, 0.25) is 0 Å². The van der Waals surface area contributed by atoms with E-state index in [1.54, 1.807) is 0 Å². The Bertz CT molecular complexity index is 1670. The number of aliphatic imine (C=N–C) groups is 1. The average molecular weight is 887 g/mol. The van der Waals surface area contributed by atoms with E-state index in [0.29, 0.717) is 12.8 Å². The molecule has 17 N–H and O–H groups in total. The SMILES string of the molecule is CC(C)[C@H](NC(=O)[C@@H](NC(=O)[C@@H]1CCCN1C(=O)[C@H](C)NC(=O)[C@H](C)NC(=O)[C@H](CC(=O)O)NC(=O)[C@H](C)NC(=O)[C@@H](N)CCCN=C(N)N)[C@@H](C)O)C(=O)N[C@@H](CO)C(=O)O. The molecular formula is C36H62N12O14. The minimum atomic E-state index is -1.71. The lowest BCUT2D eigenvalue weighted by Gasteiger charge is -2.30. The fourth-order valence-electron chi connectivity index (χ4n) is 5.93. The van der Waals surface area contributed by atoms with Gasteiger partial charge >= 0.3 is 11.9 Å². The average Bonchev–Trinajstić information content (AvgIpc) is 3.68. The van der Waals surface area contributed by atoms with Crippen LogP contribution in [0, 0.1) is 5.92 Å². The van der Waals surface area contributed by atoms with Crippen LogP contribution in [0.3, 0.4) is 0 Å². The van der Waals surface area contributed by atoms with Gasteiger partial charge in [0.1, 0.15) is 48.3 Å². The number of aliphatic hydroxyl groups is 2. The highest BCUT2D eigenvalue weighted by Gasteiger charge is 2.40. The molecule has 62 heavy (non-hydrogen) atoms. The molecule has 1 saturated heterocycles. The molecule has 0 aromatic heterocycles. The molecule has 1 aliphatic heterocycles. The Morgan fingerprint density at radius 3 is 1.74 bits per heavy atom. The Hall–Kier alpha value is -6.15. The van der Waals surface area contributed by atoms with E-state index in [0.717, 1.165) is 4.90 Å². The maximum Gasteiger partial charge on any atom is 0.328 e. The molecule has 8 amide bonds. The number of nitrogens with zero attached hydrogens (tertiary/aromatic N) is 2. The number of carbonyl (C=O) groups excluding carboxylic acids is 8. The first-order valence-corrected chi connectivity index (χ1v) is 19.8. The fourth-order valence-corrected chi connectivity index (χ4v) is 5.93. The van der Waals surface area contributed by atoms with Crippen molar-refractivity contribution in [1.82, 2.24) is 42.1 Å². The van der Waals surface area contributed by atoms with Crippen molar-refractivity contribution < 1.29 is 68.4 Å². The topological polar surface area (TPSA) is 429 Å². The molecule has 0 aromatic rings. The van der Waals surface area contributed by atoms with Crippen LogP contribution >= 0.6 is 0 Å². The zero-order valence-corrected chi connectivity index (χ0v) is 35.5. The van der Waals surface area contributed by atoms with E-state index in [4.69, 9.17) is 22.3 Å². The first kappa shape index (κ1) is 53.9. The first-order chi connectivity index (χ1) is 28.8. The van der Waals surface area contributed by atoms with Gasteiger partial charge in [-0.15, -0.1) is 0 Å². The Labute approximate surface area is 357 Å². The summed E-state index contributed by atoms with van der Waals surface area (Å²) in [6.45, 7) is 7.40. The minimum absolute atomic E-state index is 0.0565. The highest BCUT2D eigenvalue weighted by Crippen LogP contribution is 2.19. The summed E-state index contributed by atoms with van der Waals surface area (Å²) in [4.78, 5) is 132. The van der Waals surface area contributed by atoms with Crippen LogP contribution in [0.4, 0.5) is 0 Å². The third-order valence-electron chi connectivity index (χ3n) is 9.49. The third kappa shape index (κ3) is 17.4. The van der Waals surface area contributed by atoms with Gasteiger partial charge in [-0.05, 0) is 59.3 Å². The highest BCUT2D eigenvalue weighted by molar-refractivity contribution is 5.98. The van der Waals surface area contributed by atoms with Gasteiger partial charge in [0.05, 0.1) is 25.2 Å². The zero-order valence-electron chi connectivity index (χ0n) is 35.5. The van der Waals surface area contributed by atoms with E-state index in [9.17, 15) is 63.3 Å². The lowest BCUT2D eigenvalue weighted by molar-refractivity contribution is -0.144. The number of nitrogens with one attached hydrogen (secondary N) is 7. The monoisotopic (exact) mass is 886 g/mol. The molecule has 1 fully saturated rings. The van der Waals surface area contributed by atoms with E-state index < -0.39 is 139 Å². The molecule has 0 aliphatic carbocycles. The van der Waals surface area contributed by atoms with Crippen LogP contribution in [0.25, 0.3) is 0 Å². The van der Waals surface area contributed by atoms with Crippen molar-refractivity contribution in [2.45, 2.75) is 134 Å². The molecule has 0 bridgehead atoms. The number of nitrogens with two attached hydrogens (primary N) is 3. The smallest absolute Gasteiger partial charge is 0.328 e. The first-order valence-electron chi connectivity index (χ1n) is 19.8. The quantitative estimate of drug-likeness (QED) is 0.0230. The Morgan fingerprint density at radius 2 is 1.23 bits per heavy atom. The molecule has 350 valence electrons. The van der Waals surface area contributed by atoms with E-state index in [1.165, 1.54) is 41.5 Å². The largest absolute Gasteiger partial charge is 0.481 e. The van der Waals surface area contributed by atoms with Crippen LogP contribution in [-0.4, -0.2) is 171 Å². The molecule has 1 rings (SSSR count). The van der Waals surface area contributed by atoms with Gasteiger partial charge < -0.3 is 79.7 Å². The number of hydrogen-bond donors (Lipinski definition) is 14. The highest BCUT2D eigenvalue weighted by atomic mass is 16.4. The molecule has 26 nitrogen and oxygen atoms in total. The second-order valence-corrected chi connectivity index (χ2v) is 15.1. The molecule has 26 heteroatoms. The number of aliphatic carboxylic acids is 2. The Morgan fingerprint density at radius 1 is 0.694 bits per heavy atom. The van der Waals surface area contributed by atoms with Crippen LogP contribution < -0.4 is 54.4 Å². The standard InChI is InChI=1S/C36H62N12O14/c1-15(2)25(32(58)45-22(14-49)35(61)62)46-33(59)26(19(6)50)47-31(57)23-10-8-12-48(23)34(60)18(5)43-27(53)16(3)42-30(56)21(13-24(51)52)44-28(54)17(4)41-29(55)20(37)9-7-11-40-36(38)39/h15-23,25-26,49-50H,7-14,37H2,1-6H3,(H,41,55)(H,42,56)(H,43,53)(H,44,54)(H,45,58)(H,46,59)(H,47,57)(H,51,52)(H,61,62)(H4,38,39,40)/t16-,17-,18-,19+,20-,21-,22-,23-,25-,26-/m0/s1. The normalized spacial score (nSPS) is 17.8. The summed E-state index contributed by atoms with van der Waals surface area (Å²) in [6, 6.07) is -12.5. The van der Waals surface area contributed by atoms with E-state index >= 15 is 0 Å². The van der Waals surface area contributed by atoms with Gasteiger partial charge in [0.15, 0.2) is 5.96 Å². The molecule has 1 aliphatic rings. The van der Waals surface area contributed by atoms with Gasteiger partial charge in [-0.25, -0.2) is 4.79 Å². The lowest BCUT2D eigenvalue weighted by Crippen LogP contribution is -2.61. The predicted molar refractivity (Wildman–Crippen MR) is 217 cm³/mol. The van der Waals surface area contributed by atoms with Crippen molar-refractivity contribution in [3.05, 3.63) is 0 Å². The second-order valence-electron chi connectivity index (χ2n) is 15.1. The van der Waals surface area contributed by atoms with Crippen molar-refractivity contribution in [1.29, 1.82) is 0 Å². The molecule has 0 unspecified atom stereocenters. The van der Waals surface area contributed by atoms with Crippen LogP contribution in [0.1, 0.15) is 73.6 Å².